The normalized spacial score (nSPS) is 24.6. The summed E-state index contributed by atoms with van der Waals surface area (Å²) in [6.45, 7) is 3.80. The summed E-state index contributed by atoms with van der Waals surface area (Å²) in [4.78, 5) is 34.2. The number of aryl methyl sites for hydroxylation is 1. The molecular formula is C24H20F4N6O. The molecule has 180 valence electrons. The lowest BCUT2D eigenvalue weighted by Gasteiger charge is -2.29. The van der Waals surface area contributed by atoms with Crippen LogP contribution in [0.1, 0.15) is 40.0 Å². The quantitative estimate of drug-likeness (QED) is 0.414. The van der Waals surface area contributed by atoms with Crippen LogP contribution < -0.4 is 4.90 Å². The Balaban J connectivity index is 1.31. The maximum absolute atomic E-state index is 14.6. The van der Waals surface area contributed by atoms with Crippen LogP contribution in [0.25, 0.3) is 11.4 Å². The van der Waals surface area contributed by atoms with Gasteiger partial charge < -0.3 is 9.80 Å². The van der Waals surface area contributed by atoms with Gasteiger partial charge in [0, 0.05) is 24.8 Å². The molecule has 4 unspecified atom stereocenters. The monoisotopic (exact) mass is 484 g/mol. The van der Waals surface area contributed by atoms with Crippen molar-refractivity contribution >= 4 is 11.7 Å². The minimum Gasteiger partial charge on any atom is -0.340 e. The van der Waals surface area contributed by atoms with Crippen molar-refractivity contribution in [2.75, 3.05) is 4.90 Å². The zero-order chi connectivity index (χ0) is 24.6. The Labute approximate surface area is 197 Å². The van der Waals surface area contributed by atoms with E-state index >= 15 is 0 Å². The van der Waals surface area contributed by atoms with Crippen molar-refractivity contribution in [1.29, 1.82) is 0 Å². The average Bonchev–Trinajstić information content (AvgIpc) is 3.31. The van der Waals surface area contributed by atoms with Gasteiger partial charge in [0.05, 0.1) is 35.3 Å². The summed E-state index contributed by atoms with van der Waals surface area (Å²) in [5.74, 6) is -0.930. The molecule has 11 heteroatoms. The lowest BCUT2D eigenvalue weighted by atomic mass is 10.0. The van der Waals surface area contributed by atoms with Crippen molar-refractivity contribution in [3.05, 3.63) is 65.1 Å². The highest BCUT2D eigenvalue weighted by Gasteiger charge is 2.70. The third-order valence-electron chi connectivity index (χ3n) is 7.37. The van der Waals surface area contributed by atoms with E-state index in [1.54, 1.807) is 34.5 Å². The van der Waals surface area contributed by atoms with Gasteiger partial charge in [0.15, 0.2) is 17.5 Å². The number of nitrogens with zero attached hydrogens (tertiary/aromatic N) is 6. The Hall–Kier alpha value is -3.63. The molecule has 3 aromatic heterocycles. The first-order valence-corrected chi connectivity index (χ1v) is 11.3. The fourth-order valence-corrected chi connectivity index (χ4v) is 5.67. The highest BCUT2D eigenvalue weighted by Crippen LogP contribution is 2.55. The SMILES string of the molecule is Cc1cnc(C(=O)N2C3CCC2C2C3N2c2ncc(C(F)(F)F)cc2F)c(-c2ncccn2)c1C. The van der Waals surface area contributed by atoms with Gasteiger partial charge in [-0.15, -0.1) is 0 Å². The number of piperazine rings is 1. The smallest absolute Gasteiger partial charge is 0.340 e. The fraction of sp³-hybridized carbons (Fsp3) is 0.375. The number of carbonyl (C=O) groups is 1. The number of alkyl halides is 3. The van der Waals surface area contributed by atoms with Crippen molar-refractivity contribution in [2.45, 2.75) is 57.0 Å². The molecular weight excluding hydrogens is 464 g/mol. The third-order valence-corrected chi connectivity index (χ3v) is 7.37. The summed E-state index contributed by atoms with van der Waals surface area (Å²) in [7, 11) is 0. The van der Waals surface area contributed by atoms with Gasteiger partial charge >= 0.3 is 6.18 Å². The van der Waals surface area contributed by atoms with Gasteiger partial charge in [0.2, 0.25) is 0 Å². The minimum absolute atomic E-state index is 0.0975. The second kappa shape index (κ2) is 7.43. The zero-order valence-corrected chi connectivity index (χ0v) is 18.8. The molecule has 7 nitrogen and oxygen atoms in total. The standard InChI is InChI=1S/C24H20F4N6O/c1-11-9-31-18(17(12(11)2)21-29-6-3-7-30-21)23(35)33-15-4-5-16(33)20-19(15)34(20)22-14(25)8-13(10-32-22)24(26,27)28/h3,6-10,15-16,19-20H,4-5H2,1-2H3. The summed E-state index contributed by atoms with van der Waals surface area (Å²) in [6, 6.07) is 1.41. The van der Waals surface area contributed by atoms with Crippen LogP contribution in [0.4, 0.5) is 23.4 Å². The zero-order valence-electron chi connectivity index (χ0n) is 18.8. The van der Waals surface area contributed by atoms with Gasteiger partial charge in [0.1, 0.15) is 5.69 Å². The Kier molecular flexibility index (Phi) is 4.64. The van der Waals surface area contributed by atoms with Crippen LogP contribution in [0.2, 0.25) is 0 Å². The van der Waals surface area contributed by atoms with Gasteiger partial charge in [-0.25, -0.2) is 19.3 Å². The lowest BCUT2D eigenvalue weighted by molar-refractivity contribution is -0.138. The Morgan fingerprint density at radius 1 is 1.00 bits per heavy atom. The third kappa shape index (κ3) is 3.20. The van der Waals surface area contributed by atoms with Crippen molar-refractivity contribution in [3.8, 4) is 11.4 Å². The van der Waals surface area contributed by atoms with Crippen molar-refractivity contribution in [3.63, 3.8) is 0 Å². The summed E-state index contributed by atoms with van der Waals surface area (Å²) < 4.78 is 53.3. The van der Waals surface area contributed by atoms with Gasteiger partial charge in [-0.05, 0) is 49.9 Å². The largest absolute Gasteiger partial charge is 0.417 e. The molecule has 6 rings (SSSR count). The van der Waals surface area contributed by atoms with Crippen LogP contribution >= 0.6 is 0 Å². The Morgan fingerprint density at radius 2 is 1.66 bits per heavy atom. The molecule has 0 radical (unpaired) electrons. The molecule has 0 saturated carbocycles. The number of hydrogen-bond donors (Lipinski definition) is 0. The van der Waals surface area contributed by atoms with Crippen LogP contribution in [-0.4, -0.2) is 54.9 Å². The molecule has 2 bridgehead atoms. The van der Waals surface area contributed by atoms with Crippen LogP contribution in [-0.2, 0) is 6.18 Å². The summed E-state index contributed by atoms with van der Waals surface area (Å²) >= 11 is 0. The molecule has 0 spiro atoms. The molecule has 4 atom stereocenters. The van der Waals surface area contributed by atoms with E-state index in [2.05, 4.69) is 19.9 Å². The molecule has 6 heterocycles. The van der Waals surface area contributed by atoms with E-state index in [0.29, 0.717) is 23.7 Å². The molecule has 3 aliphatic heterocycles. The number of pyridine rings is 2. The van der Waals surface area contributed by atoms with Crippen molar-refractivity contribution in [1.82, 2.24) is 24.8 Å². The number of rotatable bonds is 3. The predicted molar refractivity (Wildman–Crippen MR) is 117 cm³/mol. The first kappa shape index (κ1) is 21.9. The van der Waals surface area contributed by atoms with E-state index in [9.17, 15) is 22.4 Å². The van der Waals surface area contributed by atoms with E-state index in [-0.39, 0.29) is 41.6 Å². The van der Waals surface area contributed by atoms with E-state index in [0.717, 1.165) is 24.0 Å². The average molecular weight is 484 g/mol. The van der Waals surface area contributed by atoms with Gasteiger partial charge in [-0.3, -0.25) is 9.78 Å². The molecule has 3 saturated heterocycles. The van der Waals surface area contributed by atoms with Crippen LogP contribution in [0.3, 0.4) is 0 Å². The number of fused-ring (bicyclic) bond motifs is 5. The number of hydrogen-bond acceptors (Lipinski definition) is 6. The second-order valence-corrected chi connectivity index (χ2v) is 9.20. The maximum Gasteiger partial charge on any atom is 0.417 e. The van der Waals surface area contributed by atoms with E-state index < -0.39 is 17.6 Å². The number of aromatic nitrogens is 4. The summed E-state index contributed by atoms with van der Waals surface area (Å²) in [6.07, 6.45) is 2.30. The number of carbonyl (C=O) groups excluding carboxylic acids is 1. The first-order valence-electron chi connectivity index (χ1n) is 11.3. The molecule has 3 aromatic rings. The topological polar surface area (TPSA) is 74.9 Å². The predicted octanol–water partition coefficient (Wildman–Crippen LogP) is 3.95. The Bertz CT molecular complexity index is 1330. The first-order chi connectivity index (χ1) is 16.7. The van der Waals surface area contributed by atoms with Crippen LogP contribution in [0.5, 0.6) is 0 Å². The summed E-state index contributed by atoms with van der Waals surface area (Å²) in [5.41, 5.74) is 1.50. The number of amides is 1. The number of halogens is 4. The van der Waals surface area contributed by atoms with Crippen molar-refractivity contribution in [2.24, 2.45) is 0 Å². The van der Waals surface area contributed by atoms with Crippen LogP contribution in [0, 0.1) is 19.7 Å². The van der Waals surface area contributed by atoms with Crippen LogP contribution in [0.15, 0.2) is 36.9 Å². The molecule has 3 fully saturated rings. The highest BCUT2D eigenvalue weighted by molar-refractivity contribution is 6.00. The fourth-order valence-electron chi connectivity index (χ4n) is 5.67. The molecule has 1 amide bonds. The van der Waals surface area contributed by atoms with Crippen molar-refractivity contribution < 1.29 is 22.4 Å². The van der Waals surface area contributed by atoms with Gasteiger partial charge in [-0.1, -0.05) is 0 Å². The Morgan fingerprint density at radius 3 is 2.26 bits per heavy atom. The molecule has 0 aliphatic carbocycles. The van der Waals surface area contributed by atoms with Gasteiger partial charge in [-0.2, -0.15) is 13.2 Å². The highest BCUT2D eigenvalue weighted by atomic mass is 19.4. The van der Waals surface area contributed by atoms with E-state index in [1.807, 2.05) is 13.8 Å². The second-order valence-electron chi connectivity index (χ2n) is 9.20. The van der Waals surface area contributed by atoms with Gasteiger partial charge in [0.25, 0.3) is 5.91 Å². The molecule has 3 aliphatic rings. The molecule has 35 heavy (non-hydrogen) atoms. The number of anilines is 1. The molecule has 0 N–H and O–H groups in total. The van der Waals surface area contributed by atoms with E-state index in [4.69, 9.17) is 0 Å². The lowest BCUT2D eigenvalue weighted by Crippen LogP contribution is -2.43. The van der Waals surface area contributed by atoms with E-state index in [1.165, 1.54) is 0 Å². The molecule has 0 aromatic carbocycles. The maximum atomic E-state index is 14.6. The minimum atomic E-state index is -4.66. The summed E-state index contributed by atoms with van der Waals surface area (Å²) in [5, 5.41) is 0.